The van der Waals surface area contributed by atoms with Crippen LogP contribution in [0.2, 0.25) is 0 Å². The predicted molar refractivity (Wildman–Crippen MR) is 136 cm³/mol. The van der Waals surface area contributed by atoms with Crippen molar-refractivity contribution in [1.29, 1.82) is 0 Å². The SMILES string of the molecule is CCc1ccc(C(=O)C=O)cc1C(=O)NCCOCCNC(=O)CCCCC1SCC2NC(=O)NC21. The number of Topliss-reactive ketones (excluding diaryl/α,β-unsaturated/α-hetero) is 1. The van der Waals surface area contributed by atoms with Crippen LogP contribution < -0.4 is 21.3 Å². The summed E-state index contributed by atoms with van der Waals surface area (Å²) in [6.07, 6.45) is 4.02. The Morgan fingerprint density at radius 3 is 2.67 bits per heavy atom. The first-order valence-electron chi connectivity index (χ1n) is 12.4. The third kappa shape index (κ3) is 7.79. The summed E-state index contributed by atoms with van der Waals surface area (Å²) < 4.78 is 5.48. The van der Waals surface area contributed by atoms with Crippen LogP contribution in [0.15, 0.2) is 18.2 Å². The molecule has 0 aromatic heterocycles. The number of fused-ring (bicyclic) bond motifs is 1. The van der Waals surface area contributed by atoms with Gasteiger partial charge in [0.15, 0.2) is 6.29 Å². The minimum absolute atomic E-state index is 0.0171. The highest BCUT2D eigenvalue weighted by molar-refractivity contribution is 8.00. The predicted octanol–water partition coefficient (Wildman–Crippen LogP) is 1.22. The van der Waals surface area contributed by atoms with Crippen LogP contribution in [0.5, 0.6) is 0 Å². The van der Waals surface area contributed by atoms with E-state index in [4.69, 9.17) is 4.74 Å². The Kier molecular flexibility index (Phi) is 10.7. The zero-order valence-electron chi connectivity index (χ0n) is 20.5. The van der Waals surface area contributed by atoms with Crippen molar-refractivity contribution in [2.24, 2.45) is 0 Å². The number of aldehydes is 1. The zero-order valence-corrected chi connectivity index (χ0v) is 21.3. The summed E-state index contributed by atoms with van der Waals surface area (Å²) >= 11 is 1.88. The Labute approximate surface area is 215 Å². The van der Waals surface area contributed by atoms with Crippen molar-refractivity contribution in [1.82, 2.24) is 21.3 Å². The maximum Gasteiger partial charge on any atom is 0.315 e. The molecule has 10 nitrogen and oxygen atoms in total. The molecule has 0 saturated carbocycles. The smallest absolute Gasteiger partial charge is 0.315 e. The molecule has 2 fully saturated rings. The summed E-state index contributed by atoms with van der Waals surface area (Å²) in [5, 5.41) is 11.9. The van der Waals surface area contributed by atoms with Gasteiger partial charge in [-0.2, -0.15) is 11.8 Å². The highest BCUT2D eigenvalue weighted by Gasteiger charge is 2.42. The second-order valence-electron chi connectivity index (χ2n) is 8.79. The highest BCUT2D eigenvalue weighted by atomic mass is 32.2. The number of carbonyl (C=O) groups is 5. The normalized spacial score (nSPS) is 20.2. The van der Waals surface area contributed by atoms with Crippen LogP contribution in [0.25, 0.3) is 0 Å². The van der Waals surface area contributed by atoms with Gasteiger partial charge < -0.3 is 26.0 Å². The van der Waals surface area contributed by atoms with Gasteiger partial charge in [-0.3, -0.25) is 19.2 Å². The molecule has 4 amide bonds. The molecule has 2 saturated heterocycles. The molecular formula is C25H34N4O6S. The Morgan fingerprint density at radius 2 is 1.92 bits per heavy atom. The van der Waals surface area contributed by atoms with E-state index in [1.165, 1.54) is 6.07 Å². The lowest BCUT2D eigenvalue weighted by Crippen LogP contribution is -2.36. The molecule has 1 aromatic carbocycles. The second kappa shape index (κ2) is 14.0. The minimum Gasteiger partial charge on any atom is -0.378 e. The number of nitrogens with one attached hydrogen (secondary N) is 4. The molecule has 2 heterocycles. The second-order valence-corrected chi connectivity index (χ2v) is 10.1. The third-order valence-corrected chi connectivity index (χ3v) is 7.82. The van der Waals surface area contributed by atoms with Crippen LogP contribution in [-0.2, 0) is 20.7 Å². The van der Waals surface area contributed by atoms with Crippen LogP contribution >= 0.6 is 11.8 Å². The van der Waals surface area contributed by atoms with E-state index in [1.54, 1.807) is 12.1 Å². The molecule has 2 aliphatic heterocycles. The van der Waals surface area contributed by atoms with Crippen molar-refractivity contribution in [3.05, 3.63) is 34.9 Å². The first-order chi connectivity index (χ1) is 17.4. The molecule has 0 bridgehead atoms. The largest absolute Gasteiger partial charge is 0.378 e. The Morgan fingerprint density at radius 1 is 1.14 bits per heavy atom. The van der Waals surface area contributed by atoms with E-state index in [0.29, 0.717) is 36.8 Å². The number of urea groups is 1. The quantitative estimate of drug-likeness (QED) is 0.0899. The molecule has 0 radical (unpaired) electrons. The van der Waals surface area contributed by atoms with Gasteiger partial charge in [0.2, 0.25) is 11.7 Å². The molecule has 3 unspecified atom stereocenters. The lowest BCUT2D eigenvalue weighted by atomic mass is 9.99. The lowest BCUT2D eigenvalue weighted by Gasteiger charge is -2.16. The van der Waals surface area contributed by atoms with Crippen LogP contribution in [0.3, 0.4) is 0 Å². The monoisotopic (exact) mass is 518 g/mol. The molecule has 4 N–H and O–H groups in total. The average Bonchev–Trinajstić information content (AvgIpc) is 3.44. The molecule has 11 heteroatoms. The third-order valence-electron chi connectivity index (χ3n) is 6.31. The van der Waals surface area contributed by atoms with Gasteiger partial charge in [0.25, 0.3) is 5.91 Å². The highest BCUT2D eigenvalue weighted by Crippen LogP contribution is 2.33. The maximum absolute atomic E-state index is 12.5. The summed E-state index contributed by atoms with van der Waals surface area (Å²) in [4.78, 5) is 58.3. The molecule has 0 spiro atoms. The molecule has 36 heavy (non-hydrogen) atoms. The molecule has 1 aromatic rings. The number of hydrogen-bond acceptors (Lipinski definition) is 7. The van der Waals surface area contributed by atoms with Crippen molar-refractivity contribution < 1.29 is 28.7 Å². The summed E-state index contributed by atoms with van der Waals surface area (Å²) in [5.41, 5.74) is 1.34. The number of benzene rings is 1. The van der Waals surface area contributed by atoms with E-state index in [1.807, 2.05) is 18.7 Å². The van der Waals surface area contributed by atoms with Gasteiger partial charge in [-0.15, -0.1) is 0 Å². The van der Waals surface area contributed by atoms with Gasteiger partial charge in [-0.25, -0.2) is 4.79 Å². The van der Waals surface area contributed by atoms with Crippen molar-refractivity contribution in [2.45, 2.75) is 56.4 Å². The maximum atomic E-state index is 12.5. The first kappa shape index (κ1) is 27.7. The molecule has 0 aliphatic carbocycles. The van der Waals surface area contributed by atoms with Crippen molar-refractivity contribution in [3.8, 4) is 0 Å². The van der Waals surface area contributed by atoms with E-state index in [0.717, 1.165) is 30.6 Å². The summed E-state index contributed by atoms with van der Waals surface area (Å²) in [5.74, 6) is -0.0771. The number of aryl methyl sites for hydroxylation is 1. The average molecular weight is 519 g/mol. The van der Waals surface area contributed by atoms with E-state index >= 15 is 0 Å². The molecule has 2 aliphatic rings. The van der Waals surface area contributed by atoms with Crippen LogP contribution in [0.1, 0.15) is 58.9 Å². The van der Waals surface area contributed by atoms with Gasteiger partial charge in [-0.1, -0.05) is 25.5 Å². The van der Waals surface area contributed by atoms with Gasteiger partial charge in [0.1, 0.15) is 0 Å². The summed E-state index contributed by atoms with van der Waals surface area (Å²) in [7, 11) is 0. The van der Waals surface area contributed by atoms with Crippen molar-refractivity contribution >= 4 is 41.7 Å². The van der Waals surface area contributed by atoms with Gasteiger partial charge in [0.05, 0.1) is 25.3 Å². The lowest BCUT2D eigenvalue weighted by molar-refractivity contribution is -0.121. The standard InChI is InChI=1S/C25H34N4O6S/c1-2-16-7-8-17(20(31)14-30)13-18(16)24(33)27-10-12-35-11-9-26-22(32)6-4-3-5-21-23-19(15-36-21)28-25(34)29-23/h7-8,13-14,19,21,23H,2-6,9-12,15H2,1H3,(H,26,32)(H,27,33)(H2,28,29,34). The van der Waals surface area contributed by atoms with Crippen molar-refractivity contribution in [3.63, 3.8) is 0 Å². The number of thioether (sulfide) groups is 1. The molecule has 196 valence electrons. The Balaban J connectivity index is 1.22. The van der Waals surface area contributed by atoms with Crippen LogP contribution in [0, 0.1) is 0 Å². The van der Waals surface area contributed by atoms with Crippen molar-refractivity contribution in [2.75, 3.05) is 32.1 Å². The number of amides is 4. The number of carbonyl (C=O) groups excluding carboxylic acids is 5. The van der Waals surface area contributed by atoms with Gasteiger partial charge in [-0.05, 0) is 30.9 Å². The Hall–Kier alpha value is -2.92. The number of ketones is 1. The number of unbranched alkanes of at least 4 members (excludes halogenated alkanes) is 1. The summed E-state index contributed by atoms with van der Waals surface area (Å²) in [6.45, 7) is 3.19. The fourth-order valence-corrected chi connectivity index (χ4v) is 5.92. The van der Waals surface area contributed by atoms with Crippen LogP contribution in [-0.4, -0.2) is 79.3 Å². The molecule has 3 atom stereocenters. The van der Waals surface area contributed by atoms with Gasteiger partial charge in [0, 0.05) is 41.6 Å². The van der Waals surface area contributed by atoms with E-state index in [9.17, 15) is 24.0 Å². The van der Waals surface area contributed by atoms with Gasteiger partial charge >= 0.3 is 6.03 Å². The number of rotatable bonds is 15. The van der Waals surface area contributed by atoms with E-state index in [-0.39, 0.29) is 54.9 Å². The minimum atomic E-state index is -0.667. The molecular weight excluding hydrogens is 484 g/mol. The molecule has 3 rings (SSSR count). The number of hydrogen-bond donors (Lipinski definition) is 4. The zero-order chi connectivity index (χ0) is 25.9. The first-order valence-corrected chi connectivity index (χ1v) is 13.4. The van der Waals surface area contributed by atoms with E-state index < -0.39 is 5.78 Å². The van der Waals surface area contributed by atoms with E-state index in [2.05, 4.69) is 21.3 Å². The van der Waals surface area contributed by atoms with Crippen LogP contribution in [0.4, 0.5) is 4.79 Å². The summed E-state index contributed by atoms with van der Waals surface area (Å²) in [6, 6.07) is 5.01. The number of ether oxygens (including phenoxy) is 1. The fraction of sp³-hybridized carbons (Fsp3) is 0.560. The Bertz CT molecular complexity index is 972. The fourth-order valence-electron chi connectivity index (χ4n) is 4.38. The topological polar surface area (TPSA) is 143 Å².